The molecule has 0 radical (unpaired) electrons. The molecule has 1 rings (SSSR count). The van der Waals surface area contributed by atoms with E-state index in [1.165, 1.54) is 19.2 Å². The minimum absolute atomic E-state index is 0.312. The van der Waals surface area contributed by atoms with E-state index in [1.807, 2.05) is 0 Å². The number of ether oxygens (including phenoxy) is 1. The van der Waals surface area contributed by atoms with Gasteiger partial charge >= 0.3 is 5.97 Å². The van der Waals surface area contributed by atoms with Crippen molar-refractivity contribution in [2.45, 2.75) is 18.6 Å². The fourth-order valence-electron chi connectivity index (χ4n) is 1.45. The molecule has 0 aliphatic carbocycles. The van der Waals surface area contributed by atoms with E-state index in [0.29, 0.717) is 17.0 Å². The number of aliphatic hydroxyl groups is 2. The molecule has 0 fully saturated rings. The topological polar surface area (TPSA) is 113 Å². The van der Waals surface area contributed by atoms with Crippen LogP contribution in [0.15, 0.2) is 18.2 Å². The van der Waals surface area contributed by atoms with Crippen molar-refractivity contribution in [1.82, 2.24) is 0 Å². The number of benzene rings is 1. The van der Waals surface area contributed by atoms with Gasteiger partial charge in [0.25, 0.3) is 0 Å². The minimum atomic E-state index is -1.37. The summed E-state index contributed by atoms with van der Waals surface area (Å²) in [5.41, 5.74) is 6.29. The number of hydrogen-bond donors (Lipinski definition) is 4. The number of nitrogens with two attached hydrogens (primary N) is 1. The van der Waals surface area contributed by atoms with Gasteiger partial charge in [0.1, 0.15) is 11.9 Å². The third-order valence-electron chi connectivity index (χ3n) is 2.34. The summed E-state index contributed by atoms with van der Waals surface area (Å²) in [5, 5.41) is 27.7. The first kappa shape index (κ1) is 13.3. The maximum atomic E-state index is 10.4. The van der Waals surface area contributed by atoms with Gasteiger partial charge in [-0.05, 0) is 17.7 Å². The van der Waals surface area contributed by atoms with Crippen molar-refractivity contribution in [3.05, 3.63) is 23.8 Å². The molecule has 0 aromatic heterocycles. The smallest absolute Gasteiger partial charge is 0.306 e. The number of aliphatic carboxylic acids is 1. The van der Waals surface area contributed by atoms with E-state index in [-0.39, 0.29) is 0 Å². The molecule has 6 nitrogen and oxygen atoms in total. The van der Waals surface area contributed by atoms with Gasteiger partial charge in [-0.3, -0.25) is 4.79 Å². The lowest BCUT2D eigenvalue weighted by molar-refractivity contribution is -0.141. The zero-order valence-electron chi connectivity index (χ0n) is 9.33. The lowest BCUT2D eigenvalue weighted by Crippen LogP contribution is -2.21. The van der Waals surface area contributed by atoms with Gasteiger partial charge in [-0.1, -0.05) is 6.07 Å². The molecule has 6 heteroatoms. The predicted octanol–water partition coefficient (Wildman–Crippen LogP) is 0.146. The van der Waals surface area contributed by atoms with E-state index in [4.69, 9.17) is 15.6 Å². The summed E-state index contributed by atoms with van der Waals surface area (Å²) < 4.78 is 4.94. The summed E-state index contributed by atoms with van der Waals surface area (Å²) in [5.74, 6) is -0.730. The van der Waals surface area contributed by atoms with Crippen LogP contribution in [0.3, 0.4) is 0 Å². The van der Waals surface area contributed by atoms with Crippen molar-refractivity contribution in [3.63, 3.8) is 0 Å². The van der Waals surface area contributed by atoms with Crippen LogP contribution in [-0.2, 0) is 4.79 Å². The van der Waals surface area contributed by atoms with Crippen LogP contribution in [0.4, 0.5) is 5.69 Å². The fourth-order valence-corrected chi connectivity index (χ4v) is 1.45. The summed E-state index contributed by atoms with van der Waals surface area (Å²) in [6.07, 6.45) is -3.20. The van der Waals surface area contributed by atoms with Crippen molar-refractivity contribution < 1.29 is 24.9 Å². The number of rotatable bonds is 5. The first-order valence-corrected chi connectivity index (χ1v) is 4.97. The Hall–Kier alpha value is -1.79. The average Bonchev–Trinajstić information content (AvgIpc) is 2.27. The molecule has 0 aliphatic heterocycles. The Morgan fingerprint density at radius 2 is 2.12 bits per heavy atom. The number of carbonyl (C=O) groups is 1. The summed E-state index contributed by atoms with van der Waals surface area (Å²) in [6, 6.07) is 4.50. The van der Waals surface area contributed by atoms with Crippen LogP contribution in [-0.4, -0.2) is 34.5 Å². The van der Waals surface area contributed by atoms with Gasteiger partial charge < -0.3 is 25.8 Å². The zero-order chi connectivity index (χ0) is 13.0. The van der Waals surface area contributed by atoms with Crippen LogP contribution in [0, 0.1) is 0 Å². The number of carboxylic acid groups (broad SMARTS) is 1. The number of nitrogen functional groups attached to an aromatic ring is 1. The Labute approximate surface area is 98.3 Å². The van der Waals surface area contributed by atoms with E-state index >= 15 is 0 Å². The third kappa shape index (κ3) is 3.33. The SMILES string of the molecule is COc1ccc(C(O)C(O)CC(=O)O)cc1N. The van der Waals surface area contributed by atoms with Crippen molar-refractivity contribution in [2.75, 3.05) is 12.8 Å². The van der Waals surface area contributed by atoms with E-state index in [1.54, 1.807) is 6.07 Å². The molecule has 0 amide bonds. The van der Waals surface area contributed by atoms with E-state index in [2.05, 4.69) is 0 Å². The number of hydrogen-bond acceptors (Lipinski definition) is 5. The molecule has 2 unspecified atom stereocenters. The number of anilines is 1. The second kappa shape index (κ2) is 5.51. The molecule has 94 valence electrons. The third-order valence-corrected chi connectivity index (χ3v) is 2.34. The van der Waals surface area contributed by atoms with Gasteiger partial charge in [0.15, 0.2) is 0 Å². The van der Waals surface area contributed by atoms with Crippen LogP contribution >= 0.6 is 0 Å². The van der Waals surface area contributed by atoms with Crippen LogP contribution in [0.1, 0.15) is 18.1 Å². The second-order valence-electron chi connectivity index (χ2n) is 3.61. The number of aliphatic hydroxyl groups excluding tert-OH is 2. The number of methoxy groups -OCH3 is 1. The first-order chi connectivity index (χ1) is 7.95. The van der Waals surface area contributed by atoms with E-state index < -0.39 is 24.6 Å². The van der Waals surface area contributed by atoms with Gasteiger partial charge in [0.2, 0.25) is 0 Å². The quantitative estimate of drug-likeness (QED) is 0.546. The van der Waals surface area contributed by atoms with Crippen molar-refractivity contribution in [2.24, 2.45) is 0 Å². The summed E-state index contributed by atoms with van der Waals surface area (Å²) in [7, 11) is 1.46. The van der Waals surface area contributed by atoms with E-state index in [9.17, 15) is 15.0 Å². The molecule has 0 bridgehead atoms. The highest BCUT2D eigenvalue weighted by atomic mass is 16.5. The van der Waals surface area contributed by atoms with Crippen LogP contribution in [0.5, 0.6) is 5.75 Å². The Kier molecular flexibility index (Phi) is 4.30. The Morgan fingerprint density at radius 3 is 2.59 bits per heavy atom. The first-order valence-electron chi connectivity index (χ1n) is 4.97. The molecule has 0 aliphatic rings. The molecule has 2 atom stereocenters. The average molecular weight is 241 g/mol. The molecule has 0 saturated carbocycles. The van der Waals surface area contributed by atoms with Crippen LogP contribution in [0.2, 0.25) is 0 Å². The molecule has 1 aromatic carbocycles. The normalized spacial score (nSPS) is 14.1. The Bertz CT molecular complexity index is 407. The molecule has 0 heterocycles. The lowest BCUT2D eigenvalue weighted by atomic mass is 10.0. The zero-order valence-corrected chi connectivity index (χ0v) is 9.33. The minimum Gasteiger partial charge on any atom is -0.495 e. The summed E-state index contributed by atoms with van der Waals surface area (Å²) in [6.45, 7) is 0. The highest BCUT2D eigenvalue weighted by Gasteiger charge is 2.21. The molecule has 0 spiro atoms. The van der Waals surface area contributed by atoms with Crippen molar-refractivity contribution >= 4 is 11.7 Å². The van der Waals surface area contributed by atoms with Crippen molar-refractivity contribution in [1.29, 1.82) is 0 Å². The van der Waals surface area contributed by atoms with E-state index in [0.717, 1.165) is 0 Å². The van der Waals surface area contributed by atoms with Crippen molar-refractivity contribution in [3.8, 4) is 5.75 Å². The van der Waals surface area contributed by atoms with Gasteiger partial charge in [-0.15, -0.1) is 0 Å². The second-order valence-corrected chi connectivity index (χ2v) is 3.61. The predicted molar refractivity (Wildman–Crippen MR) is 60.6 cm³/mol. The van der Waals surface area contributed by atoms with Gasteiger partial charge in [-0.2, -0.15) is 0 Å². The maximum Gasteiger partial charge on any atom is 0.306 e. The number of carboxylic acids is 1. The standard InChI is InChI=1S/C11H15NO5/c1-17-9-3-2-6(4-7(9)12)11(16)8(13)5-10(14)15/h2-4,8,11,13,16H,5,12H2,1H3,(H,14,15). The molecular formula is C11H15NO5. The molecular weight excluding hydrogens is 226 g/mol. The highest BCUT2D eigenvalue weighted by molar-refractivity contribution is 5.67. The molecule has 1 aromatic rings. The van der Waals surface area contributed by atoms with Crippen LogP contribution in [0.25, 0.3) is 0 Å². The Morgan fingerprint density at radius 1 is 1.47 bits per heavy atom. The molecule has 0 saturated heterocycles. The summed E-state index contributed by atoms with van der Waals surface area (Å²) in [4.78, 5) is 10.4. The summed E-state index contributed by atoms with van der Waals surface area (Å²) >= 11 is 0. The van der Waals surface area contributed by atoms with Gasteiger partial charge in [0, 0.05) is 0 Å². The van der Waals surface area contributed by atoms with Crippen LogP contribution < -0.4 is 10.5 Å². The molecule has 17 heavy (non-hydrogen) atoms. The Balaban J connectivity index is 2.85. The lowest BCUT2D eigenvalue weighted by Gasteiger charge is -2.17. The highest BCUT2D eigenvalue weighted by Crippen LogP contribution is 2.27. The van der Waals surface area contributed by atoms with Gasteiger partial charge in [0.05, 0.1) is 25.3 Å². The largest absolute Gasteiger partial charge is 0.495 e. The fraction of sp³-hybridized carbons (Fsp3) is 0.364. The monoisotopic (exact) mass is 241 g/mol. The maximum absolute atomic E-state index is 10.4. The molecule has 5 N–H and O–H groups in total. The van der Waals surface area contributed by atoms with Gasteiger partial charge in [-0.25, -0.2) is 0 Å².